The fourth-order valence-electron chi connectivity index (χ4n) is 0.583. The number of aliphatic hydroxyl groups excluding tert-OH is 1. The van der Waals surface area contributed by atoms with Gasteiger partial charge in [-0.2, -0.15) is 0 Å². The van der Waals surface area contributed by atoms with E-state index >= 15 is 0 Å². The molecule has 0 aliphatic heterocycles. The Hall–Kier alpha value is 2.18. The van der Waals surface area contributed by atoms with Crippen LogP contribution in [0.2, 0.25) is 0 Å². The third-order valence-electron chi connectivity index (χ3n) is 1.03. The molecule has 0 saturated heterocycles. The second kappa shape index (κ2) is 12.2. The van der Waals surface area contributed by atoms with Crippen LogP contribution in [0.15, 0.2) is 30.3 Å². The number of hydrogen-bond acceptors (Lipinski definition) is 1. The van der Waals surface area contributed by atoms with Crippen molar-refractivity contribution in [1.29, 1.82) is 0 Å². The zero-order valence-corrected chi connectivity index (χ0v) is 13.5. The molecule has 0 spiro atoms. The van der Waals surface area contributed by atoms with Crippen LogP contribution in [-0.2, 0) is 6.61 Å². The molecule has 3 radical (unpaired) electrons. The maximum Gasteiger partial charge on any atom is 0.0681 e. The van der Waals surface area contributed by atoms with Gasteiger partial charge in [0, 0.05) is 88.7 Å². The SMILES string of the molecule is OCc1ccccc1.[Na].[Na].[Na]. The van der Waals surface area contributed by atoms with Gasteiger partial charge in [-0.25, -0.2) is 0 Å². The average molecular weight is 177 g/mol. The van der Waals surface area contributed by atoms with Crippen molar-refractivity contribution in [2.45, 2.75) is 6.61 Å². The molecule has 11 heavy (non-hydrogen) atoms. The summed E-state index contributed by atoms with van der Waals surface area (Å²) in [7, 11) is 0. The number of hydrogen-bond donors (Lipinski definition) is 1. The molecule has 1 N–H and O–H groups in total. The van der Waals surface area contributed by atoms with E-state index in [4.69, 9.17) is 5.11 Å². The summed E-state index contributed by atoms with van der Waals surface area (Å²) in [6.07, 6.45) is 0. The van der Waals surface area contributed by atoms with E-state index in [-0.39, 0.29) is 95.3 Å². The van der Waals surface area contributed by atoms with Crippen molar-refractivity contribution >= 4 is 88.7 Å². The maximum atomic E-state index is 8.54. The van der Waals surface area contributed by atoms with Crippen LogP contribution in [0.4, 0.5) is 0 Å². The van der Waals surface area contributed by atoms with Gasteiger partial charge in [-0.1, -0.05) is 30.3 Å². The van der Waals surface area contributed by atoms with Gasteiger partial charge in [0.1, 0.15) is 0 Å². The molecule has 0 aliphatic rings. The van der Waals surface area contributed by atoms with Crippen LogP contribution < -0.4 is 0 Å². The number of rotatable bonds is 1. The van der Waals surface area contributed by atoms with Gasteiger partial charge >= 0.3 is 0 Å². The van der Waals surface area contributed by atoms with E-state index in [1.165, 1.54) is 0 Å². The molecule has 45 valence electrons. The Kier molecular flexibility index (Phi) is 20.9. The van der Waals surface area contributed by atoms with Gasteiger partial charge in [0.2, 0.25) is 0 Å². The minimum Gasteiger partial charge on any atom is -0.392 e. The van der Waals surface area contributed by atoms with E-state index in [2.05, 4.69) is 0 Å². The first-order chi connectivity index (χ1) is 3.93. The molecule has 1 aromatic carbocycles. The van der Waals surface area contributed by atoms with E-state index in [1.807, 2.05) is 30.3 Å². The van der Waals surface area contributed by atoms with Crippen LogP contribution >= 0.6 is 0 Å². The van der Waals surface area contributed by atoms with Crippen LogP contribution in [0, 0.1) is 0 Å². The van der Waals surface area contributed by atoms with Crippen molar-refractivity contribution in [3.8, 4) is 0 Å². The molecular weight excluding hydrogens is 169 g/mol. The third-order valence-corrected chi connectivity index (χ3v) is 1.03. The zero-order chi connectivity index (χ0) is 5.82. The van der Waals surface area contributed by atoms with Crippen molar-refractivity contribution in [2.24, 2.45) is 0 Å². The Balaban J connectivity index is -0.000000213. The first-order valence-corrected chi connectivity index (χ1v) is 2.58. The molecule has 0 atom stereocenters. The molecule has 0 unspecified atom stereocenters. The Morgan fingerprint density at radius 2 is 1.36 bits per heavy atom. The van der Waals surface area contributed by atoms with Gasteiger partial charge in [0.05, 0.1) is 6.61 Å². The number of aliphatic hydroxyl groups is 1. The standard InChI is InChI=1S/C7H8O.3Na/c8-6-7-4-2-1-3-5-7;;;/h1-5,8H,6H2;;;. The van der Waals surface area contributed by atoms with Crippen molar-refractivity contribution in [1.82, 2.24) is 0 Å². The fraction of sp³-hybridized carbons (Fsp3) is 0.143. The predicted octanol–water partition coefficient (Wildman–Crippen LogP) is 0.0365. The summed E-state index contributed by atoms with van der Waals surface area (Å²) in [4.78, 5) is 0. The molecule has 0 aromatic heterocycles. The first-order valence-electron chi connectivity index (χ1n) is 2.58. The van der Waals surface area contributed by atoms with Gasteiger partial charge in [-0.05, 0) is 5.56 Å². The second-order valence-electron chi connectivity index (χ2n) is 1.64. The van der Waals surface area contributed by atoms with E-state index < -0.39 is 0 Å². The molecule has 0 aliphatic carbocycles. The van der Waals surface area contributed by atoms with E-state index in [0.717, 1.165) is 5.56 Å². The van der Waals surface area contributed by atoms with Gasteiger partial charge in [0.25, 0.3) is 0 Å². The Bertz CT molecular complexity index is 155. The molecule has 1 aromatic rings. The summed E-state index contributed by atoms with van der Waals surface area (Å²) in [6, 6.07) is 9.52. The molecule has 0 amide bonds. The quantitative estimate of drug-likeness (QED) is 0.600. The van der Waals surface area contributed by atoms with Crippen molar-refractivity contribution in [3.05, 3.63) is 35.9 Å². The number of benzene rings is 1. The molecule has 1 rings (SSSR count). The van der Waals surface area contributed by atoms with Gasteiger partial charge in [-0.15, -0.1) is 0 Å². The summed E-state index contributed by atoms with van der Waals surface area (Å²) in [5.41, 5.74) is 0.965. The average Bonchev–Trinajstić information content (AvgIpc) is 1.90. The minimum absolute atomic E-state index is 0. The molecule has 0 bridgehead atoms. The summed E-state index contributed by atoms with van der Waals surface area (Å²) in [5.74, 6) is 0. The van der Waals surface area contributed by atoms with Crippen LogP contribution in [-0.4, -0.2) is 93.8 Å². The van der Waals surface area contributed by atoms with E-state index in [1.54, 1.807) is 0 Å². The monoisotopic (exact) mass is 177 g/mol. The van der Waals surface area contributed by atoms with Gasteiger partial charge < -0.3 is 5.11 Å². The van der Waals surface area contributed by atoms with Crippen LogP contribution in [0.1, 0.15) is 5.56 Å². The molecule has 0 fully saturated rings. The largest absolute Gasteiger partial charge is 0.392 e. The fourth-order valence-corrected chi connectivity index (χ4v) is 0.583. The summed E-state index contributed by atoms with van der Waals surface area (Å²) < 4.78 is 0. The van der Waals surface area contributed by atoms with Crippen LogP contribution in [0.5, 0.6) is 0 Å². The van der Waals surface area contributed by atoms with Gasteiger partial charge in [-0.3, -0.25) is 0 Å². The summed E-state index contributed by atoms with van der Waals surface area (Å²) >= 11 is 0. The van der Waals surface area contributed by atoms with Crippen molar-refractivity contribution in [2.75, 3.05) is 0 Å². The molecule has 0 heterocycles. The summed E-state index contributed by atoms with van der Waals surface area (Å²) in [5, 5.41) is 8.54. The van der Waals surface area contributed by atoms with E-state index in [9.17, 15) is 0 Å². The van der Waals surface area contributed by atoms with E-state index in [0.29, 0.717) is 0 Å². The first kappa shape index (κ1) is 18.9. The third kappa shape index (κ3) is 8.51. The molecular formula is C7H8Na3O. The van der Waals surface area contributed by atoms with Crippen LogP contribution in [0.3, 0.4) is 0 Å². The smallest absolute Gasteiger partial charge is 0.0681 e. The Morgan fingerprint density at radius 3 is 1.64 bits per heavy atom. The molecule has 0 saturated carbocycles. The second-order valence-corrected chi connectivity index (χ2v) is 1.64. The topological polar surface area (TPSA) is 20.2 Å². The predicted molar refractivity (Wildman–Crippen MR) is 49.6 cm³/mol. The van der Waals surface area contributed by atoms with Crippen molar-refractivity contribution in [3.63, 3.8) is 0 Å². The van der Waals surface area contributed by atoms with Crippen LogP contribution in [0.25, 0.3) is 0 Å². The summed E-state index contributed by atoms with van der Waals surface area (Å²) in [6.45, 7) is 0.140. The van der Waals surface area contributed by atoms with Gasteiger partial charge in [0.15, 0.2) is 0 Å². The maximum absolute atomic E-state index is 8.54. The Labute approximate surface area is 134 Å². The normalized spacial score (nSPS) is 6.64. The Morgan fingerprint density at radius 1 is 0.909 bits per heavy atom. The minimum atomic E-state index is 0. The molecule has 1 nitrogen and oxygen atoms in total. The zero-order valence-electron chi connectivity index (χ0n) is 7.54. The van der Waals surface area contributed by atoms with Crippen molar-refractivity contribution < 1.29 is 5.11 Å². The molecule has 4 heteroatoms.